The molecule has 1 aliphatic heterocycles. The van der Waals surface area contributed by atoms with Gasteiger partial charge in [0.05, 0.1) is 28.9 Å². The van der Waals surface area contributed by atoms with Crippen LogP contribution in [0, 0.1) is 17.0 Å². The summed E-state index contributed by atoms with van der Waals surface area (Å²) >= 11 is 8.37. The van der Waals surface area contributed by atoms with Crippen molar-refractivity contribution in [2.45, 2.75) is 38.9 Å². The molecule has 3 heterocycles. The molecular weight excluding hydrogens is 486 g/mol. The first-order valence-corrected chi connectivity index (χ1v) is 12.5. The minimum atomic E-state index is -0.367. The third-order valence-corrected chi connectivity index (χ3v) is 7.36. The highest BCUT2D eigenvalue weighted by molar-refractivity contribution is 7.19. The number of carbonyl (C=O) groups excluding carboxylic acids is 1. The number of thiazole rings is 1. The molecule has 4 rings (SSSR count). The van der Waals surface area contributed by atoms with Crippen LogP contribution in [0.4, 0.5) is 10.8 Å². The Morgan fingerprint density at radius 2 is 2.24 bits per heavy atom. The number of thiophene rings is 1. The van der Waals surface area contributed by atoms with E-state index in [9.17, 15) is 14.9 Å². The number of nitro groups is 1. The Bertz CT molecular complexity index is 1160. The van der Waals surface area contributed by atoms with Crippen LogP contribution in [0.15, 0.2) is 30.5 Å². The highest BCUT2D eigenvalue weighted by Crippen LogP contribution is 2.39. The molecular formula is C22H22ClN3O5S2. The summed E-state index contributed by atoms with van der Waals surface area (Å²) in [7, 11) is 0. The number of nitrogens with zero attached hydrogens (tertiary/aromatic N) is 2. The summed E-state index contributed by atoms with van der Waals surface area (Å²) in [5.74, 6) is -0.333. The van der Waals surface area contributed by atoms with Crippen LogP contribution in [0.25, 0.3) is 10.4 Å². The summed E-state index contributed by atoms with van der Waals surface area (Å²) in [6, 6.07) is 6.93. The molecule has 174 valence electrons. The zero-order valence-electron chi connectivity index (χ0n) is 17.8. The number of hydrogen-bond donors (Lipinski definition) is 1. The van der Waals surface area contributed by atoms with Gasteiger partial charge in [0.25, 0.3) is 11.6 Å². The lowest BCUT2D eigenvalue weighted by Crippen LogP contribution is -2.23. The van der Waals surface area contributed by atoms with E-state index in [2.05, 4.69) is 10.3 Å². The van der Waals surface area contributed by atoms with Gasteiger partial charge in [0.15, 0.2) is 11.4 Å². The van der Waals surface area contributed by atoms with Crippen LogP contribution in [0.5, 0.6) is 0 Å². The average molecular weight is 508 g/mol. The molecule has 0 radical (unpaired) electrons. The van der Waals surface area contributed by atoms with E-state index in [0.29, 0.717) is 50.7 Å². The number of nitrogens with one attached hydrogen (secondary N) is 1. The minimum absolute atomic E-state index is 0.0329. The van der Waals surface area contributed by atoms with E-state index in [1.165, 1.54) is 17.5 Å². The predicted octanol–water partition coefficient (Wildman–Crippen LogP) is 6.08. The number of aromatic nitrogens is 1. The molecule has 1 aliphatic rings. The molecule has 1 aromatic carbocycles. The molecule has 0 bridgehead atoms. The molecule has 8 nitrogen and oxygen atoms in total. The Morgan fingerprint density at radius 1 is 1.39 bits per heavy atom. The number of anilines is 1. The van der Waals surface area contributed by atoms with Crippen LogP contribution < -0.4 is 5.32 Å². The van der Waals surface area contributed by atoms with Crippen molar-refractivity contribution in [3.63, 3.8) is 0 Å². The fourth-order valence-corrected chi connectivity index (χ4v) is 5.52. The van der Waals surface area contributed by atoms with Crippen LogP contribution in [-0.4, -0.2) is 35.3 Å². The van der Waals surface area contributed by atoms with Gasteiger partial charge in [0, 0.05) is 28.3 Å². The minimum Gasteiger partial charge on any atom is -0.353 e. The second kappa shape index (κ2) is 10.7. The molecule has 1 amide bonds. The number of hydrogen-bond acceptors (Lipinski definition) is 8. The van der Waals surface area contributed by atoms with Gasteiger partial charge in [0.1, 0.15) is 4.34 Å². The van der Waals surface area contributed by atoms with E-state index in [0.717, 1.165) is 35.5 Å². The number of benzene rings is 1. The maximum atomic E-state index is 12.7. The summed E-state index contributed by atoms with van der Waals surface area (Å²) < 4.78 is 11.8. The van der Waals surface area contributed by atoms with Gasteiger partial charge in [-0.25, -0.2) is 4.98 Å². The topological polar surface area (TPSA) is 104 Å². The smallest absolute Gasteiger partial charge is 0.281 e. The van der Waals surface area contributed by atoms with Crippen molar-refractivity contribution in [2.24, 2.45) is 0 Å². The number of carbonyl (C=O) groups is 1. The molecule has 1 fully saturated rings. The van der Waals surface area contributed by atoms with Crippen LogP contribution in [0.3, 0.4) is 0 Å². The van der Waals surface area contributed by atoms with Crippen molar-refractivity contribution in [1.29, 1.82) is 0 Å². The van der Waals surface area contributed by atoms with Crippen LogP contribution in [0.1, 0.15) is 40.1 Å². The lowest BCUT2D eigenvalue weighted by Gasteiger charge is -2.22. The summed E-state index contributed by atoms with van der Waals surface area (Å²) in [6.45, 7) is 2.83. The Hall–Kier alpha value is -2.37. The van der Waals surface area contributed by atoms with Crippen molar-refractivity contribution in [2.75, 3.05) is 18.5 Å². The average Bonchev–Trinajstić information content (AvgIpc) is 3.39. The van der Waals surface area contributed by atoms with Crippen molar-refractivity contribution < 1.29 is 19.2 Å². The third kappa shape index (κ3) is 5.77. The molecule has 1 atom stereocenters. The SMILES string of the molecule is Cc1sc(-c2cccc(CCOC3CCCCO3)c2[N+](=O)[O-])cc1C(=O)Nc1ncc(Cl)s1. The Morgan fingerprint density at radius 3 is 2.94 bits per heavy atom. The van der Waals surface area contributed by atoms with Gasteiger partial charge in [-0.1, -0.05) is 35.1 Å². The molecule has 0 saturated carbocycles. The zero-order chi connectivity index (χ0) is 23.4. The number of amides is 1. The molecule has 2 aromatic heterocycles. The van der Waals surface area contributed by atoms with E-state index >= 15 is 0 Å². The van der Waals surface area contributed by atoms with E-state index in [4.69, 9.17) is 21.1 Å². The normalized spacial score (nSPS) is 16.0. The number of ether oxygens (including phenoxy) is 2. The molecule has 0 spiro atoms. The van der Waals surface area contributed by atoms with Crippen LogP contribution in [-0.2, 0) is 15.9 Å². The molecule has 1 unspecified atom stereocenters. The number of halogens is 1. The fourth-order valence-electron chi connectivity index (χ4n) is 3.67. The molecule has 3 aromatic rings. The first kappa shape index (κ1) is 23.8. The first-order chi connectivity index (χ1) is 15.9. The summed E-state index contributed by atoms with van der Waals surface area (Å²) in [4.78, 5) is 29.8. The van der Waals surface area contributed by atoms with Crippen molar-refractivity contribution >= 4 is 51.0 Å². The molecule has 0 aliphatic carbocycles. The quantitative estimate of drug-likeness (QED) is 0.292. The van der Waals surface area contributed by atoms with E-state index in [-0.39, 0.29) is 22.8 Å². The number of rotatable bonds is 8. The van der Waals surface area contributed by atoms with Gasteiger partial charge < -0.3 is 9.47 Å². The van der Waals surface area contributed by atoms with Crippen molar-refractivity contribution in [1.82, 2.24) is 4.98 Å². The maximum Gasteiger partial charge on any atom is 0.281 e. The Kier molecular flexibility index (Phi) is 7.71. The van der Waals surface area contributed by atoms with Gasteiger partial charge in [-0.15, -0.1) is 11.3 Å². The second-order valence-corrected chi connectivity index (χ2v) is 10.4. The third-order valence-electron chi connectivity index (χ3n) is 5.24. The Labute approximate surface area is 203 Å². The molecule has 11 heteroatoms. The molecule has 1 saturated heterocycles. The zero-order valence-corrected chi connectivity index (χ0v) is 20.2. The summed E-state index contributed by atoms with van der Waals surface area (Å²) in [6.07, 6.45) is 4.55. The fraction of sp³-hybridized carbons (Fsp3) is 0.364. The van der Waals surface area contributed by atoms with E-state index in [1.807, 2.05) is 6.92 Å². The monoisotopic (exact) mass is 507 g/mol. The number of nitro benzene ring substituents is 1. The Balaban J connectivity index is 1.54. The second-order valence-electron chi connectivity index (χ2n) is 7.49. The van der Waals surface area contributed by atoms with Gasteiger partial charge in [-0.2, -0.15) is 0 Å². The van der Waals surface area contributed by atoms with Gasteiger partial charge in [-0.05, 0) is 38.3 Å². The lowest BCUT2D eigenvalue weighted by atomic mass is 10.0. The first-order valence-electron chi connectivity index (χ1n) is 10.5. The molecule has 1 N–H and O–H groups in total. The summed E-state index contributed by atoms with van der Waals surface area (Å²) in [5, 5.41) is 15.1. The predicted molar refractivity (Wildman–Crippen MR) is 129 cm³/mol. The van der Waals surface area contributed by atoms with Gasteiger partial charge in [0.2, 0.25) is 0 Å². The highest BCUT2D eigenvalue weighted by Gasteiger charge is 2.24. The van der Waals surface area contributed by atoms with Crippen molar-refractivity contribution in [3.8, 4) is 10.4 Å². The van der Waals surface area contributed by atoms with E-state index < -0.39 is 0 Å². The molecule has 33 heavy (non-hydrogen) atoms. The maximum absolute atomic E-state index is 12.7. The lowest BCUT2D eigenvalue weighted by molar-refractivity contribution is -0.384. The number of para-hydroxylation sites is 1. The van der Waals surface area contributed by atoms with Crippen molar-refractivity contribution in [3.05, 3.63) is 60.9 Å². The van der Waals surface area contributed by atoms with E-state index in [1.54, 1.807) is 24.3 Å². The number of aryl methyl sites for hydroxylation is 1. The van der Waals surface area contributed by atoms with Gasteiger partial charge in [-0.3, -0.25) is 20.2 Å². The summed E-state index contributed by atoms with van der Waals surface area (Å²) in [5.41, 5.74) is 1.54. The highest BCUT2D eigenvalue weighted by atomic mass is 35.5. The largest absolute Gasteiger partial charge is 0.353 e. The standard InChI is InChI=1S/C22H22ClN3O5S2/c1-13-16(21(27)25-22-24-12-18(23)33-22)11-17(32-13)15-6-4-5-14(20(15)26(28)29)8-10-31-19-7-2-3-9-30-19/h4-6,11-12,19H,2-3,7-10H2,1H3,(H,24,25,27). The van der Waals surface area contributed by atoms with Crippen LogP contribution >= 0.6 is 34.3 Å². The van der Waals surface area contributed by atoms with Gasteiger partial charge >= 0.3 is 0 Å². The van der Waals surface area contributed by atoms with Crippen LogP contribution in [0.2, 0.25) is 4.34 Å².